The summed E-state index contributed by atoms with van der Waals surface area (Å²) in [7, 11) is 3.07. The van der Waals surface area contributed by atoms with Gasteiger partial charge in [-0.3, -0.25) is 9.80 Å². The molecule has 1 amide bonds. The van der Waals surface area contributed by atoms with E-state index >= 15 is 0 Å². The lowest BCUT2D eigenvalue weighted by Crippen LogP contribution is -2.53. The Labute approximate surface area is 301 Å². The Morgan fingerprint density at radius 3 is 2.40 bits per heavy atom. The van der Waals surface area contributed by atoms with Crippen molar-refractivity contribution >= 4 is 41.0 Å². The molecule has 3 aromatic carbocycles. The third kappa shape index (κ3) is 7.97. The Hall–Kier alpha value is -4.82. The SMILES string of the molecule is COc1ccc([C@H](Cc2c(Cl)c[nH+]cc2Cl)OC(=O)c2cccc(CN(C(=O)O[C@H]3CN4CCC3CC4)c3cccc(C#N)c3)c2)cc1OC. The highest BCUT2D eigenvalue weighted by Gasteiger charge is 2.37. The molecule has 0 spiro atoms. The highest BCUT2D eigenvalue weighted by atomic mass is 35.5. The van der Waals surface area contributed by atoms with E-state index in [-0.39, 0.29) is 24.6 Å². The van der Waals surface area contributed by atoms with Crippen LogP contribution in [0.1, 0.15) is 51.6 Å². The fourth-order valence-corrected chi connectivity index (χ4v) is 7.09. The second-order valence-corrected chi connectivity index (χ2v) is 13.2. The van der Waals surface area contributed by atoms with Crippen LogP contribution in [0.2, 0.25) is 10.0 Å². The van der Waals surface area contributed by atoms with Crippen LogP contribution in [0.4, 0.5) is 10.5 Å². The first-order chi connectivity index (χ1) is 24.3. The van der Waals surface area contributed by atoms with Crippen LogP contribution in [-0.2, 0) is 22.4 Å². The number of carbonyl (C=O) groups excluding carboxylic acids is 2. The molecule has 3 aliphatic rings. The van der Waals surface area contributed by atoms with Crippen LogP contribution in [0.5, 0.6) is 11.5 Å². The number of hydrogen-bond acceptors (Lipinski definition) is 8. The molecule has 2 bridgehead atoms. The summed E-state index contributed by atoms with van der Waals surface area (Å²) < 4.78 is 23.2. The quantitative estimate of drug-likeness (QED) is 0.151. The van der Waals surface area contributed by atoms with Crippen LogP contribution in [-0.4, -0.2) is 56.9 Å². The van der Waals surface area contributed by atoms with E-state index in [0.29, 0.717) is 61.9 Å². The van der Waals surface area contributed by atoms with Crippen LogP contribution in [0.25, 0.3) is 0 Å². The molecule has 0 unspecified atom stereocenters. The summed E-state index contributed by atoms with van der Waals surface area (Å²) in [6, 6.07) is 21.2. The van der Waals surface area contributed by atoms with Crippen LogP contribution in [0.15, 0.2) is 79.1 Å². The molecule has 1 aromatic heterocycles. The number of nitrogens with zero attached hydrogens (tertiary/aromatic N) is 3. The largest absolute Gasteiger partial charge is 0.493 e. The smallest absolute Gasteiger partial charge is 0.414 e. The van der Waals surface area contributed by atoms with E-state index in [4.69, 9.17) is 42.1 Å². The maximum atomic E-state index is 13.8. The number of carbonyl (C=O) groups is 2. The molecule has 12 heteroatoms. The molecule has 4 aromatic rings. The summed E-state index contributed by atoms with van der Waals surface area (Å²) in [6.45, 7) is 2.85. The number of amides is 1. The number of nitriles is 1. The van der Waals surface area contributed by atoms with Gasteiger partial charge in [-0.2, -0.15) is 5.26 Å². The number of ether oxygens (including phenoxy) is 4. The van der Waals surface area contributed by atoms with Crippen LogP contribution >= 0.6 is 23.2 Å². The van der Waals surface area contributed by atoms with Gasteiger partial charge in [0.15, 0.2) is 23.9 Å². The molecular weight excluding hydrogens is 679 g/mol. The minimum absolute atomic E-state index is 0.0980. The number of esters is 1. The van der Waals surface area contributed by atoms with Gasteiger partial charge in [-0.15, -0.1) is 0 Å². The summed E-state index contributed by atoms with van der Waals surface area (Å²) in [5, 5.41) is 10.4. The highest BCUT2D eigenvalue weighted by molar-refractivity contribution is 6.35. The molecule has 7 rings (SSSR count). The molecule has 2 atom stereocenters. The average Bonchev–Trinajstić information content (AvgIpc) is 3.15. The zero-order valence-electron chi connectivity index (χ0n) is 27.7. The number of pyridine rings is 1. The number of anilines is 1. The predicted molar refractivity (Wildman–Crippen MR) is 188 cm³/mol. The van der Waals surface area contributed by atoms with Crippen molar-refractivity contribution in [2.24, 2.45) is 5.92 Å². The maximum absolute atomic E-state index is 13.8. The van der Waals surface area contributed by atoms with E-state index in [1.807, 2.05) is 6.07 Å². The van der Waals surface area contributed by atoms with Crippen LogP contribution in [0.3, 0.4) is 0 Å². The fraction of sp³-hybridized carbons (Fsp3) is 0.316. The minimum atomic E-state index is -0.801. The number of H-pyrrole nitrogens is 1. The van der Waals surface area contributed by atoms with E-state index in [0.717, 1.165) is 25.9 Å². The minimum Gasteiger partial charge on any atom is -0.493 e. The number of fused-ring (bicyclic) bond motifs is 3. The molecule has 3 fully saturated rings. The van der Waals surface area contributed by atoms with Gasteiger partial charge in [-0.25, -0.2) is 14.6 Å². The van der Waals surface area contributed by atoms with Gasteiger partial charge in [0.25, 0.3) is 0 Å². The molecule has 10 nitrogen and oxygen atoms in total. The second-order valence-electron chi connectivity index (χ2n) is 12.4. The van der Waals surface area contributed by atoms with Gasteiger partial charge in [0.05, 0.1) is 38.0 Å². The molecule has 3 aliphatic heterocycles. The first-order valence-corrected chi connectivity index (χ1v) is 17.1. The monoisotopic (exact) mass is 715 g/mol. The standard InChI is InChI=1S/C38H36Cl2N4O6/c1-47-33-10-9-27(17-35(33)48-2)34(18-30-31(39)20-42-21-32(30)40)49-37(45)28-7-3-6-25(15-28)22-44(29-8-4-5-24(16-29)19-41)38(46)50-36-23-43-13-11-26(36)12-14-43/h3-10,15-17,20-21,26,34,36H,11-14,18,22-23H2,1-2H3/p+1/t34-,36-/m0/s1. The number of aromatic amines is 1. The van der Waals surface area contributed by atoms with Crippen LogP contribution in [0, 0.1) is 17.2 Å². The van der Waals surface area contributed by atoms with Crippen molar-refractivity contribution in [1.82, 2.24) is 4.90 Å². The molecule has 0 saturated carbocycles. The zero-order chi connectivity index (χ0) is 35.2. The van der Waals surface area contributed by atoms with E-state index in [1.165, 1.54) is 12.0 Å². The third-order valence-electron chi connectivity index (χ3n) is 9.27. The Morgan fingerprint density at radius 2 is 1.72 bits per heavy atom. The molecule has 258 valence electrons. The summed E-state index contributed by atoms with van der Waals surface area (Å²) in [5.74, 6) is 0.731. The highest BCUT2D eigenvalue weighted by Crippen LogP contribution is 2.36. The Kier molecular flexibility index (Phi) is 11.1. The number of aromatic nitrogens is 1. The lowest BCUT2D eigenvalue weighted by molar-refractivity contribution is -0.377. The molecule has 1 N–H and O–H groups in total. The first-order valence-electron chi connectivity index (χ1n) is 16.3. The summed E-state index contributed by atoms with van der Waals surface area (Å²) in [5.41, 5.74) is 3.13. The lowest BCUT2D eigenvalue weighted by atomic mass is 9.86. The lowest BCUT2D eigenvalue weighted by Gasteiger charge is -2.44. The van der Waals surface area contributed by atoms with Gasteiger partial charge in [0.1, 0.15) is 22.3 Å². The van der Waals surface area contributed by atoms with Crippen LogP contribution < -0.4 is 19.4 Å². The Balaban J connectivity index is 1.26. The zero-order valence-corrected chi connectivity index (χ0v) is 29.2. The molecule has 0 radical (unpaired) electrons. The molecule has 3 saturated heterocycles. The number of halogens is 2. The predicted octanol–water partition coefficient (Wildman–Crippen LogP) is 7.07. The normalized spacial score (nSPS) is 18.4. The van der Waals surface area contributed by atoms with Crippen molar-refractivity contribution < 1.29 is 33.5 Å². The van der Waals surface area contributed by atoms with Crippen molar-refractivity contribution in [2.75, 3.05) is 38.8 Å². The van der Waals surface area contributed by atoms with Gasteiger partial charge in [0.2, 0.25) is 0 Å². The van der Waals surface area contributed by atoms with E-state index in [9.17, 15) is 14.9 Å². The number of methoxy groups -OCH3 is 2. The number of rotatable bonds is 11. The van der Waals surface area contributed by atoms with Crippen molar-refractivity contribution in [3.05, 3.63) is 117 Å². The number of nitrogens with one attached hydrogen (secondary N) is 1. The number of benzene rings is 3. The van der Waals surface area contributed by atoms with E-state index in [2.05, 4.69) is 16.0 Å². The van der Waals surface area contributed by atoms with Crippen molar-refractivity contribution in [2.45, 2.75) is 38.0 Å². The second kappa shape index (κ2) is 15.8. The third-order valence-corrected chi connectivity index (χ3v) is 9.95. The average molecular weight is 717 g/mol. The van der Waals surface area contributed by atoms with E-state index < -0.39 is 18.2 Å². The fourth-order valence-electron chi connectivity index (χ4n) is 6.56. The number of piperidine rings is 3. The van der Waals surface area contributed by atoms with Gasteiger partial charge in [0, 0.05) is 24.2 Å². The van der Waals surface area contributed by atoms with Crippen molar-refractivity contribution in [3.8, 4) is 17.6 Å². The number of hydrogen-bond donors (Lipinski definition) is 0. The van der Waals surface area contributed by atoms with Gasteiger partial charge in [-0.1, -0.05) is 47.5 Å². The van der Waals surface area contributed by atoms with Gasteiger partial charge < -0.3 is 18.9 Å². The molecule has 0 aliphatic carbocycles. The van der Waals surface area contributed by atoms with Crippen molar-refractivity contribution in [3.63, 3.8) is 0 Å². The first kappa shape index (κ1) is 35.0. The Bertz CT molecular complexity index is 1890. The summed E-state index contributed by atoms with van der Waals surface area (Å²) in [6.07, 6.45) is 3.89. The summed E-state index contributed by atoms with van der Waals surface area (Å²) >= 11 is 13.0. The maximum Gasteiger partial charge on any atom is 0.414 e. The molecule has 50 heavy (non-hydrogen) atoms. The molecule has 4 heterocycles. The van der Waals surface area contributed by atoms with Gasteiger partial charge in [-0.05, 0) is 85.4 Å². The molecular formula is C38H37Cl2N4O6+. The summed E-state index contributed by atoms with van der Waals surface area (Å²) in [4.78, 5) is 34.4. The topological polar surface area (TPSA) is 115 Å². The van der Waals surface area contributed by atoms with E-state index in [1.54, 1.807) is 80.2 Å². The van der Waals surface area contributed by atoms with Crippen molar-refractivity contribution in [1.29, 1.82) is 5.26 Å². The van der Waals surface area contributed by atoms with Gasteiger partial charge >= 0.3 is 12.1 Å². The Morgan fingerprint density at radius 1 is 0.980 bits per heavy atom.